The van der Waals surface area contributed by atoms with Gasteiger partial charge in [0.25, 0.3) is 5.56 Å². The number of rotatable bonds is 9. The number of aryl methyl sites for hydroxylation is 1. The summed E-state index contributed by atoms with van der Waals surface area (Å²) in [5, 5.41) is 5.96. The Morgan fingerprint density at radius 1 is 0.952 bits per heavy atom. The molecule has 1 heterocycles. The van der Waals surface area contributed by atoms with Crippen LogP contribution in [0, 0.1) is 0 Å². The zero-order valence-corrected chi connectivity index (χ0v) is 13.1. The molecule has 0 N–H and O–H groups in total. The second kappa shape index (κ2) is 8.60. The maximum absolute atomic E-state index is 12.3. The molecule has 2 rings (SSSR count). The Bertz CT molecular complexity index is 603. The van der Waals surface area contributed by atoms with Gasteiger partial charge in [0, 0.05) is 11.9 Å². The Kier molecular flexibility index (Phi) is 6.45. The van der Waals surface area contributed by atoms with Gasteiger partial charge in [-0.3, -0.25) is 4.79 Å². The monoisotopic (exact) mass is 286 g/mol. The predicted octanol–water partition coefficient (Wildman–Crippen LogP) is 4.54. The quantitative estimate of drug-likeness (QED) is 0.634. The van der Waals surface area contributed by atoms with Crippen LogP contribution in [0.2, 0.25) is 0 Å². The molecule has 0 radical (unpaired) electrons. The number of hydrogen-bond acceptors (Lipinski definition) is 2. The fourth-order valence-electron chi connectivity index (χ4n) is 2.68. The highest BCUT2D eigenvalue weighted by Crippen LogP contribution is 2.09. The first-order valence-corrected chi connectivity index (χ1v) is 8.28. The summed E-state index contributed by atoms with van der Waals surface area (Å²) < 4.78 is 1.61. The SMILES string of the molecule is CCCCCCCCCCn1ncc2ccccc2c1=O. The topological polar surface area (TPSA) is 34.9 Å². The number of unbranched alkanes of at least 4 members (excludes halogenated alkanes) is 7. The molecular formula is C18H26N2O. The third-order valence-electron chi connectivity index (χ3n) is 3.99. The van der Waals surface area contributed by atoms with E-state index in [1.165, 1.54) is 44.9 Å². The molecule has 0 fully saturated rings. The van der Waals surface area contributed by atoms with Gasteiger partial charge in [0.15, 0.2) is 0 Å². The number of benzene rings is 1. The molecule has 114 valence electrons. The molecule has 0 amide bonds. The van der Waals surface area contributed by atoms with Gasteiger partial charge in [-0.2, -0.15) is 5.10 Å². The molecule has 0 aliphatic rings. The van der Waals surface area contributed by atoms with E-state index in [4.69, 9.17) is 0 Å². The minimum absolute atomic E-state index is 0.0380. The van der Waals surface area contributed by atoms with Crippen molar-refractivity contribution in [1.82, 2.24) is 9.78 Å². The molecule has 0 aliphatic heterocycles. The number of hydrogen-bond donors (Lipinski definition) is 0. The first-order valence-electron chi connectivity index (χ1n) is 8.28. The Morgan fingerprint density at radius 2 is 1.62 bits per heavy atom. The fraction of sp³-hybridized carbons (Fsp3) is 0.556. The van der Waals surface area contributed by atoms with Crippen LogP contribution in [0.5, 0.6) is 0 Å². The van der Waals surface area contributed by atoms with Crippen molar-refractivity contribution in [2.24, 2.45) is 0 Å². The molecule has 0 unspecified atom stereocenters. The standard InChI is InChI=1S/C18H26N2O/c1-2-3-4-5-6-7-8-11-14-20-18(21)17-13-10-9-12-16(17)15-19-20/h9-10,12-13,15H,2-8,11,14H2,1H3. The second-order valence-electron chi connectivity index (χ2n) is 5.73. The van der Waals surface area contributed by atoms with E-state index in [0.717, 1.165) is 23.7 Å². The van der Waals surface area contributed by atoms with Gasteiger partial charge in [-0.1, -0.05) is 70.1 Å². The molecule has 0 atom stereocenters. The predicted molar refractivity (Wildman–Crippen MR) is 88.6 cm³/mol. The molecule has 0 saturated carbocycles. The van der Waals surface area contributed by atoms with Crippen LogP contribution in [0.25, 0.3) is 10.8 Å². The second-order valence-corrected chi connectivity index (χ2v) is 5.73. The number of fused-ring (bicyclic) bond motifs is 1. The van der Waals surface area contributed by atoms with Crippen LogP contribution in [-0.2, 0) is 6.54 Å². The van der Waals surface area contributed by atoms with E-state index >= 15 is 0 Å². The normalized spacial score (nSPS) is 11.1. The minimum atomic E-state index is 0.0380. The summed E-state index contributed by atoms with van der Waals surface area (Å²) in [6.07, 6.45) is 12.0. The highest BCUT2D eigenvalue weighted by Gasteiger charge is 2.02. The maximum Gasteiger partial charge on any atom is 0.274 e. The van der Waals surface area contributed by atoms with Gasteiger partial charge < -0.3 is 0 Å². The Labute approximate surface area is 127 Å². The van der Waals surface area contributed by atoms with Crippen LogP contribution in [-0.4, -0.2) is 9.78 Å². The lowest BCUT2D eigenvalue weighted by molar-refractivity contribution is 0.507. The van der Waals surface area contributed by atoms with Crippen molar-refractivity contribution >= 4 is 10.8 Å². The van der Waals surface area contributed by atoms with E-state index in [1.54, 1.807) is 10.9 Å². The molecule has 0 aliphatic carbocycles. The first-order chi connectivity index (χ1) is 10.3. The highest BCUT2D eigenvalue weighted by molar-refractivity contribution is 5.80. The van der Waals surface area contributed by atoms with Gasteiger partial charge in [-0.25, -0.2) is 4.68 Å². The van der Waals surface area contributed by atoms with Gasteiger partial charge in [-0.05, 0) is 12.5 Å². The van der Waals surface area contributed by atoms with Crippen LogP contribution >= 0.6 is 0 Å². The van der Waals surface area contributed by atoms with Gasteiger partial charge in [0.05, 0.1) is 11.6 Å². The van der Waals surface area contributed by atoms with Crippen molar-refractivity contribution in [3.05, 3.63) is 40.8 Å². The van der Waals surface area contributed by atoms with E-state index in [0.29, 0.717) is 0 Å². The zero-order valence-electron chi connectivity index (χ0n) is 13.1. The molecule has 3 heteroatoms. The first kappa shape index (κ1) is 15.7. The van der Waals surface area contributed by atoms with E-state index in [1.807, 2.05) is 24.3 Å². The van der Waals surface area contributed by atoms with Crippen LogP contribution in [0.1, 0.15) is 58.3 Å². The third kappa shape index (κ3) is 4.69. The lowest BCUT2D eigenvalue weighted by Crippen LogP contribution is -2.22. The van der Waals surface area contributed by atoms with Crippen LogP contribution in [0.4, 0.5) is 0 Å². The average molecular weight is 286 g/mol. The maximum atomic E-state index is 12.3. The summed E-state index contributed by atoms with van der Waals surface area (Å²) in [5.74, 6) is 0. The van der Waals surface area contributed by atoms with Crippen molar-refractivity contribution in [1.29, 1.82) is 0 Å². The molecule has 0 saturated heterocycles. The Hall–Kier alpha value is -1.64. The molecular weight excluding hydrogens is 260 g/mol. The van der Waals surface area contributed by atoms with Gasteiger partial charge in [-0.15, -0.1) is 0 Å². The van der Waals surface area contributed by atoms with Crippen molar-refractivity contribution in [3.63, 3.8) is 0 Å². The van der Waals surface area contributed by atoms with Crippen LogP contribution in [0.15, 0.2) is 35.3 Å². The lowest BCUT2D eigenvalue weighted by atomic mass is 10.1. The Balaban J connectivity index is 1.76. The van der Waals surface area contributed by atoms with Crippen LogP contribution < -0.4 is 5.56 Å². The molecule has 2 aromatic rings. The summed E-state index contributed by atoms with van der Waals surface area (Å²) >= 11 is 0. The summed E-state index contributed by atoms with van der Waals surface area (Å²) in [4.78, 5) is 12.3. The molecule has 0 spiro atoms. The molecule has 1 aromatic carbocycles. The van der Waals surface area contributed by atoms with E-state index in [-0.39, 0.29) is 5.56 Å². The smallest absolute Gasteiger partial charge is 0.267 e. The van der Waals surface area contributed by atoms with Crippen molar-refractivity contribution in [2.45, 2.75) is 64.8 Å². The van der Waals surface area contributed by atoms with E-state index < -0.39 is 0 Å². The number of aromatic nitrogens is 2. The summed E-state index contributed by atoms with van der Waals surface area (Å²) in [7, 11) is 0. The van der Waals surface area contributed by atoms with E-state index in [9.17, 15) is 4.79 Å². The summed E-state index contributed by atoms with van der Waals surface area (Å²) in [6.45, 7) is 2.98. The number of nitrogens with zero attached hydrogens (tertiary/aromatic N) is 2. The zero-order chi connectivity index (χ0) is 14.9. The summed E-state index contributed by atoms with van der Waals surface area (Å²) in [6, 6.07) is 7.66. The lowest BCUT2D eigenvalue weighted by Gasteiger charge is -2.06. The molecule has 3 nitrogen and oxygen atoms in total. The molecule has 21 heavy (non-hydrogen) atoms. The van der Waals surface area contributed by atoms with Gasteiger partial charge in [0.2, 0.25) is 0 Å². The minimum Gasteiger partial charge on any atom is -0.267 e. The van der Waals surface area contributed by atoms with Gasteiger partial charge >= 0.3 is 0 Å². The van der Waals surface area contributed by atoms with Gasteiger partial charge in [0.1, 0.15) is 0 Å². The summed E-state index contributed by atoms with van der Waals surface area (Å²) in [5.41, 5.74) is 0.0380. The van der Waals surface area contributed by atoms with Crippen molar-refractivity contribution in [3.8, 4) is 0 Å². The fourth-order valence-corrected chi connectivity index (χ4v) is 2.68. The van der Waals surface area contributed by atoms with E-state index in [2.05, 4.69) is 12.0 Å². The van der Waals surface area contributed by atoms with Crippen molar-refractivity contribution in [2.75, 3.05) is 0 Å². The average Bonchev–Trinajstić information content (AvgIpc) is 2.52. The van der Waals surface area contributed by atoms with Crippen LogP contribution in [0.3, 0.4) is 0 Å². The molecule has 0 bridgehead atoms. The molecule has 1 aromatic heterocycles. The van der Waals surface area contributed by atoms with Crippen molar-refractivity contribution < 1.29 is 0 Å². The Morgan fingerprint density at radius 3 is 2.38 bits per heavy atom. The highest BCUT2D eigenvalue weighted by atomic mass is 16.1. The third-order valence-corrected chi connectivity index (χ3v) is 3.99. The largest absolute Gasteiger partial charge is 0.274 e.